The van der Waals surface area contributed by atoms with Crippen LogP contribution < -0.4 is 55.0 Å². The lowest BCUT2D eigenvalue weighted by Gasteiger charge is -2.20. The molecule has 0 unspecified atom stereocenters. The number of pyridine rings is 8. The highest BCUT2D eigenvalue weighted by molar-refractivity contribution is 6.35. The van der Waals surface area contributed by atoms with Gasteiger partial charge in [-0.3, -0.25) is 57.4 Å². The number of fused-ring (bicyclic) bond motifs is 4. The van der Waals surface area contributed by atoms with Crippen LogP contribution >= 0.6 is 46.4 Å². The van der Waals surface area contributed by atoms with Crippen molar-refractivity contribution in [1.29, 1.82) is 0 Å². The first-order valence-electron chi connectivity index (χ1n) is 48.6. The number of benzene rings is 4. The highest BCUT2D eigenvalue weighted by atomic mass is 35.5. The molecule has 0 bridgehead atoms. The molecule has 16 heterocycles. The Balaban J connectivity index is 0.000000132. The minimum atomic E-state index is -0.164. The summed E-state index contributed by atoms with van der Waals surface area (Å²) in [5.74, 6) is 1.96. The number of rotatable bonds is 30. The van der Waals surface area contributed by atoms with Gasteiger partial charge in [-0.2, -0.15) is 19.9 Å². The molecule has 16 aromatic rings. The van der Waals surface area contributed by atoms with Crippen LogP contribution in [0.4, 0.5) is 23.8 Å². The van der Waals surface area contributed by atoms with Crippen LogP contribution in [-0.2, 0) is 45.1 Å². The van der Waals surface area contributed by atoms with Gasteiger partial charge in [-0.05, 0) is 204 Å². The summed E-state index contributed by atoms with van der Waals surface area (Å²) in [5, 5.41) is 18.3. The van der Waals surface area contributed by atoms with Crippen LogP contribution in [0.25, 0.3) is 134 Å². The summed E-state index contributed by atoms with van der Waals surface area (Å²) in [6.07, 6.45) is 11.9. The van der Waals surface area contributed by atoms with Gasteiger partial charge in [0.15, 0.2) is 0 Å². The number of nitrogens with one attached hydrogen (secondary N) is 4. The third kappa shape index (κ3) is 24.5. The molecule has 744 valence electrons. The first-order valence-corrected chi connectivity index (χ1v) is 50.2. The van der Waals surface area contributed by atoms with E-state index in [-0.39, 0.29) is 46.4 Å². The molecule has 20 rings (SSSR count). The van der Waals surface area contributed by atoms with Crippen molar-refractivity contribution in [2.24, 2.45) is 11.5 Å². The molecule has 0 radical (unpaired) electrons. The fraction of sp³-hybridized carbons (Fsp3) is 0.333. The molecule has 32 nitrogen and oxygen atoms in total. The molecule has 12 aromatic heterocycles. The van der Waals surface area contributed by atoms with Crippen molar-refractivity contribution in [3.63, 3.8) is 0 Å². The number of hydrogen-bond donors (Lipinski definition) is 6. The van der Waals surface area contributed by atoms with E-state index in [1.54, 1.807) is 43.1 Å². The van der Waals surface area contributed by atoms with Gasteiger partial charge in [0.25, 0.3) is 22.2 Å². The average molecular weight is 2020 g/mol. The zero-order valence-electron chi connectivity index (χ0n) is 81.7. The summed E-state index contributed by atoms with van der Waals surface area (Å²) in [4.78, 5) is 115. The van der Waals surface area contributed by atoms with Crippen LogP contribution in [0.1, 0.15) is 75.1 Å². The summed E-state index contributed by atoms with van der Waals surface area (Å²) in [6.45, 7) is 23.5. The topological polar surface area (TPSA) is 386 Å². The molecule has 0 aliphatic carbocycles. The number of nitrogens with zero attached hydrogens (tertiary/aromatic N) is 18. The van der Waals surface area contributed by atoms with E-state index in [1.165, 1.54) is 0 Å². The maximum atomic E-state index is 14.0. The summed E-state index contributed by atoms with van der Waals surface area (Å²) >= 11 is 26.9. The largest absolute Gasteiger partial charge is 0.379 e. The minimum Gasteiger partial charge on any atom is -0.379 e. The van der Waals surface area contributed by atoms with E-state index in [0.717, 1.165) is 161 Å². The molecule has 4 aromatic carbocycles. The Bertz CT molecular complexity index is 7370. The Hall–Kier alpha value is -13.3. The van der Waals surface area contributed by atoms with Gasteiger partial charge in [-0.25, -0.2) is 19.9 Å². The second kappa shape index (κ2) is 47.5. The molecule has 144 heavy (non-hydrogen) atoms. The summed E-state index contributed by atoms with van der Waals surface area (Å²) < 4.78 is 28.6. The lowest BCUT2D eigenvalue weighted by Crippen LogP contribution is -2.32. The smallest absolute Gasteiger partial charge is 0.260 e. The van der Waals surface area contributed by atoms with E-state index in [0.29, 0.717) is 196 Å². The lowest BCUT2D eigenvalue weighted by atomic mass is 10.0. The van der Waals surface area contributed by atoms with Crippen molar-refractivity contribution < 1.29 is 18.9 Å². The molecular formula is C108H116Cl4N24O8. The van der Waals surface area contributed by atoms with Crippen LogP contribution in [0.2, 0.25) is 20.1 Å². The number of likely N-dealkylation sites (N-methyl/N-ethyl adjacent to an activating group) is 2. The maximum Gasteiger partial charge on any atom is 0.260 e. The zero-order chi connectivity index (χ0) is 101. The second-order valence-corrected chi connectivity index (χ2v) is 37.9. The van der Waals surface area contributed by atoms with Gasteiger partial charge in [-0.15, -0.1) is 0 Å². The Morgan fingerprint density at radius 2 is 0.597 bits per heavy atom. The fourth-order valence-electron chi connectivity index (χ4n) is 17.8. The third-order valence-electron chi connectivity index (χ3n) is 25.6. The predicted octanol–water partition coefficient (Wildman–Crippen LogP) is 17.3. The van der Waals surface area contributed by atoms with Crippen molar-refractivity contribution in [1.82, 2.24) is 87.9 Å². The Morgan fingerprint density at radius 1 is 0.340 bits per heavy atom. The highest BCUT2D eigenvalue weighted by Gasteiger charge is 2.28. The standard InChI is InChI=1S/C29H33ClN6O2.C27H29ClN6O2.2C26H27ClN6O2/c1-4-35(5-2)12-13-36-27-21(17-31-29(34-27)33-22-11-14-38-18-22)15-24(28(36)37)23-10-9-20(16-25(23)30)26-8-6-7-19(3)32-26;1-17-5-4-6-24(30-17)18-7-8-21(23(28)14-18)22-13-19-15-29-27(31-20-9-12-36-16-20)32-25(19)34(26(22)35)11-10-33(2)3;2*1-16-4-2-5-23(30-16)17-6-7-20(22(27)13-17)21-12-18-14-29-26(31-19-8-11-35-15-19)32-24(18)33(25(21)34)10-3-9-28/h6-10,15-17,22H,4-5,11-14,18H2,1-3H3,(H,31,33,34);4-8,13-15,20H,9-12,16H2,1-3H3,(H,29,31,32);2*2,4-7,12-14,19H,3,8-11,15,28H2,1H3,(H,29,31,32)/t22-;20-;2*19-/m1110/s1. The van der Waals surface area contributed by atoms with Crippen LogP contribution in [-0.4, -0.2) is 218 Å². The molecule has 0 saturated carbocycles. The molecule has 8 N–H and O–H groups in total. The first kappa shape index (κ1) is 102. The third-order valence-corrected chi connectivity index (χ3v) is 26.9. The monoisotopic (exact) mass is 2020 g/mol. The molecule has 0 spiro atoms. The van der Waals surface area contributed by atoms with E-state index in [9.17, 15) is 19.2 Å². The van der Waals surface area contributed by atoms with Crippen LogP contribution in [0.15, 0.2) is 214 Å². The maximum absolute atomic E-state index is 14.0. The van der Waals surface area contributed by atoms with E-state index in [2.05, 4.69) is 89.9 Å². The molecule has 4 aliphatic heterocycles. The Kier molecular flexibility index (Phi) is 33.7. The van der Waals surface area contributed by atoms with E-state index >= 15 is 0 Å². The zero-order valence-corrected chi connectivity index (χ0v) is 84.8. The molecule has 0 amide bonds. The predicted molar refractivity (Wildman–Crippen MR) is 574 cm³/mol. The van der Waals surface area contributed by atoms with Crippen LogP contribution in [0.3, 0.4) is 0 Å². The number of aromatic nitrogens is 16. The number of nitrogens with two attached hydrogens (primary N) is 2. The van der Waals surface area contributed by atoms with Crippen molar-refractivity contribution in [3.8, 4) is 89.5 Å². The van der Waals surface area contributed by atoms with E-state index < -0.39 is 0 Å². The van der Waals surface area contributed by atoms with E-state index in [1.807, 2.05) is 217 Å². The number of aryl methyl sites for hydroxylation is 6. The normalized spacial score (nSPS) is 15.6. The summed E-state index contributed by atoms with van der Waals surface area (Å²) in [7, 11) is 3.96. The van der Waals surface area contributed by atoms with Gasteiger partial charge in [0, 0.05) is 222 Å². The molecule has 36 heteroatoms. The number of anilines is 4. The van der Waals surface area contributed by atoms with Crippen molar-refractivity contribution >= 4 is 114 Å². The van der Waals surface area contributed by atoms with Crippen molar-refractivity contribution in [2.75, 3.05) is 127 Å². The van der Waals surface area contributed by atoms with Crippen molar-refractivity contribution in [2.45, 2.75) is 130 Å². The highest BCUT2D eigenvalue weighted by Crippen LogP contribution is 2.38. The van der Waals surface area contributed by atoms with Crippen molar-refractivity contribution in [3.05, 3.63) is 279 Å². The SMILES string of the molecule is CCN(CC)CCn1c(=O)c(-c2ccc(-c3cccc(C)n3)cc2Cl)cc2cnc(N[C@@H]3CCOC3)nc21.Cc1cccc(-c2ccc(-c3cc4cnc(N[C@@H]5CCOC5)nc4n(CCCN)c3=O)c(Cl)c2)n1.Cc1cccc(-c2ccc(-c3cc4cnc(N[C@@H]5CCOC5)nc4n(CCN(C)C)c3=O)c(Cl)c2)n1.Cc1cccc(-c2ccc(-c3cc4cnc(N[C@H]5CCOC5)nc4n(CCCN)c3=O)c(Cl)c2)n1. The van der Waals surface area contributed by atoms with E-state index in [4.69, 9.17) is 86.8 Å². The van der Waals surface area contributed by atoms with Gasteiger partial charge in [0.1, 0.15) is 22.6 Å². The van der Waals surface area contributed by atoms with Gasteiger partial charge < -0.3 is 61.5 Å². The second-order valence-electron chi connectivity index (χ2n) is 36.3. The average Bonchev–Trinajstić information content (AvgIpc) is 1.17. The lowest BCUT2D eigenvalue weighted by molar-refractivity contribution is 0.195. The Morgan fingerprint density at radius 3 is 0.819 bits per heavy atom. The fourth-order valence-corrected chi connectivity index (χ4v) is 18.9. The van der Waals surface area contributed by atoms with Gasteiger partial charge >= 0.3 is 0 Å². The van der Waals surface area contributed by atoms with Gasteiger partial charge in [-0.1, -0.05) is 133 Å². The number of ether oxygens (including phenoxy) is 4. The molecule has 4 fully saturated rings. The quantitative estimate of drug-likeness (QED) is 0.0243. The van der Waals surface area contributed by atoms with Gasteiger partial charge in [0.05, 0.1) is 73.4 Å². The summed E-state index contributed by atoms with van der Waals surface area (Å²) in [5.41, 5.74) is 28.6. The van der Waals surface area contributed by atoms with Crippen LogP contribution in [0.5, 0.6) is 0 Å². The summed E-state index contributed by atoms with van der Waals surface area (Å²) in [6, 6.07) is 54.1. The number of halogens is 4. The van der Waals surface area contributed by atoms with Gasteiger partial charge in [0.2, 0.25) is 23.8 Å². The van der Waals surface area contributed by atoms with Crippen LogP contribution in [0, 0.1) is 27.7 Å². The molecular weight excluding hydrogens is 1900 g/mol. The molecule has 4 atom stereocenters. The molecule has 4 aliphatic rings. The minimum absolute atomic E-state index is 0.123. The Labute approximate surface area is 853 Å². The molecule has 4 saturated heterocycles. The number of hydrogen-bond acceptors (Lipinski definition) is 28. The first-order chi connectivity index (χ1) is 69.9.